The van der Waals surface area contributed by atoms with Crippen LogP contribution in [0.2, 0.25) is 0 Å². The first-order valence-electron chi connectivity index (χ1n) is 10.6. The Kier molecular flexibility index (Phi) is 14.5. The van der Waals surface area contributed by atoms with Crippen LogP contribution in [0.15, 0.2) is 4.99 Å². The molecule has 0 spiro atoms. The Labute approximate surface area is 182 Å². The highest BCUT2D eigenvalue weighted by Crippen LogP contribution is 2.30. The highest BCUT2D eigenvalue weighted by molar-refractivity contribution is 14.0. The van der Waals surface area contributed by atoms with Crippen LogP contribution in [0.25, 0.3) is 0 Å². The third-order valence-corrected chi connectivity index (χ3v) is 5.39. The second-order valence-corrected chi connectivity index (χ2v) is 7.29. The minimum absolute atomic E-state index is 0. The first kappa shape index (κ1) is 24.9. The molecule has 0 amide bonds. The van der Waals surface area contributed by atoms with E-state index in [0.717, 1.165) is 77.1 Å². The van der Waals surface area contributed by atoms with E-state index in [1.165, 1.54) is 25.7 Å². The van der Waals surface area contributed by atoms with Gasteiger partial charge < -0.3 is 24.8 Å². The lowest BCUT2D eigenvalue weighted by Crippen LogP contribution is -2.40. The lowest BCUT2D eigenvalue weighted by atomic mass is 9.98. The molecule has 0 aromatic carbocycles. The Bertz CT molecular complexity index is 387. The molecule has 1 heterocycles. The second kappa shape index (κ2) is 15.8. The number of ether oxygens (including phenoxy) is 3. The van der Waals surface area contributed by atoms with Crippen LogP contribution < -0.4 is 10.6 Å². The first-order chi connectivity index (χ1) is 12.8. The van der Waals surface area contributed by atoms with Crippen LogP contribution in [0.1, 0.15) is 58.3 Å². The number of guanidine groups is 1. The van der Waals surface area contributed by atoms with Gasteiger partial charge in [-0.15, -0.1) is 24.0 Å². The number of aliphatic imine (C=N–C) groups is 1. The van der Waals surface area contributed by atoms with Crippen LogP contribution in [-0.2, 0) is 14.2 Å². The molecule has 2 rings (SSSR count). The molecular weight excluding hydrogens is 457 g/mol. The van der Waals surface area contributed by atoms with E-state index < -0.39 is 0 Å². The quantitative estimate of drug-likeness (QED) is 0.199. The predicted molar refractivity (Wildman–Crippen MR) is 121 cm³/mol. The van der Waals surface area contributed by atoms with Gasteiger partial charge in [-0.3, -0.25) is 4.99 Å². The molecule has 2 N–H and O–H groups in total. The minimum atomic E-state index is 0. The van der Waals surface area contributed by atoms with Crippen molar-refractivity contribution < 1.29 is 14.2 Å². The fourth-order valence-corrected chi connectivity index (χ4v) is 3.92. The number of hydrogen-bond donors (Lipinski definition) is 2. The monoisotopic (exact) mass is 497 g/mol. The molecule has 1 saturated carbocycles. The molecule has 1 aliphatic heterocycles. The van der Waals surface area contributed by atoms with Crippen LogP contribution >= 0.6 is 24.0 Å². The Balaban J connectivity index is 0.00000364. The van der Waals surface area contributed by atoms with Gasteiger partial charge in [0.25, 0.3) is 0 Å². The van der Waals surface area contributed by atoms with Gasteiger partial charge in [-0.1, -0.05) is 12.8 Å². The highest BCUT2D eigenvalue weighted by Gasteiger charge is 2.25. The topological polar surface area (TPSA) is 64.1 Å². The third kappa shape index (κ3) is 10.3. The minimum Gasteiger partial charge on any atom is -0.381 e. The zero-order valence-corrected chi connectivity index (χ0v) is 19.5. The van der Waals surface area contributed by atoms with Crippen molar-refractivity contribution in [1.29, 1.82) is 0 Å². The molecule has 1 saturated heterocycles. The summed E-state index contributed by atoms with van der Waals surface area (Å²) in [5.41, 5.74) is 0. The largest absolute Gasteiger partial charge is 0.381 e. The van der Waals surface area contributed by atoms with Crippen LogP contribution in [-0.4, -0.2) is 64.7 Å². The van der Waals surface area contributed by atoms with Crippen LogP contribution in [0.3, 0.4) is 0 Å². The summed E-state index contributed by atoms with van der Waals surface area (Å²) in [4.78, 5) is 4.31. The molecule has 6 nitrogen and oxygen atoms in total. The van der Waals surface area contributed by atoms with E-state index in [9.17, 15) is 0 Å². The lowest BCUT2D eigenvalue weighted by molar-refractivity contribution is -0.0320. The van der Waals surface area contributed by atoms with E-state index in [1.807, 2.05) is 7.05 Å². The average Bonchev–Trinajstić information content (AvgIpc) is 3.21. The van der Waals surface area contributed by atoms with Gasteiger partial charge in [-0.2, -0.15) is 0 Å². The summed E-state index contributed by atoms with van der Waals surface area (Å²) in [5, 5.41) is 6.80. The van der Waals surface area contributed by atoms with E-state index in [4.69, 9.17) is 14.2 Å². The highest BCUT2D eigenvalue weighted by atomic mass is 127. The van der Waals surface area contributed by atoms with Crippen LogP contribution in [0.4, 0.5) is 0 Å². The number of nitrogens with zero attached hydrogens (tertiary/aromatic N) is 1. The summed E-state index contributed by atoms with van der Waals surface area (Å²) < 4.78 is 17.2. The molecule has 1 aliphatic carbocycles. The molecular formula is C20H40IN3O3. The fourth-order valence-electron chi connectivity index (χ4n) is 3.92. The van der Waals surface area contributed by atoms with Crippen LogP contribution in [0, 0.1) is 5.92 Å². The van der Waals surface area contributed by atoms with Crippen molar-refractivity contribution >= 4 is 29.9 Å². The number of halogens is 1. The second-order valence-electron chi connectivity index (χ2n) is 7.29. The van der Waals surface area contributed by atoms with Crippen molar-refractivity contribution in [2.75, 3.05) is 46.6 Å². The average molecular weight is 497 g/mol. The summed E-state index contributed by atoms with van der Waals surface area (Å²) in [5.74, 6) is 1.62. The van der Waals surface area contributed by atoms with Crippen molar-refractivity contribution in [3.8, 4) is 0 Å². The SMILES string of the molecule is CCOC(CCNC(=NC)NCCCOC1CCOCC1)C1CCCC1.I. The fraction of sp³-hybridized carbons (Fsp3) is 0.950. The molecule has 0 aromatic rings. The van der Waals surface area contributed by atoms with Crippen LogP contribution in [0.5, 0.6) is 0 Å². The van der Waals surface area contributed by atoms with Gasteiger partial charge in [0.2, 0.25) is 0 Å². The molecule has 160 valence electrons. The zero-order chi connectivity index (χ0) is 18.5. The Morgan fingerprint density at radius 3 is 2.48 bits per heavy atom. The molecule has 2 aliphatic rings. The summed E-state index contributed by atoms with van der Waals surface area (Å²) in [6, 6.07) is 0. The molecule has 2 fully saturated rings. The summed E-state index contributed by atoms with van der Waals surface area (Å²) in [6.45, 7) is 7.15. The van der Waals surface area contributed by atoms with E-state index in [0.29, 0.717) is 12.2 Å². The molecule has 1 atom stereocenters. The van der Waals surface area contributed by atoms with Crippen molar-refractivity contribution in [2.24, 2.45) is 10.9 Å². The van der Waals surface area contributed by atoms with Crippen molar-refractivity contribution in [2.45, 2.75) is 70.5 Å². The standard InChI is InChI=1S/C20H39N3O3.HI/c1-3-25-19(17-7-4-5-8-17)9-13-23-20(21-2)22-12-6-14-26-18-10-15-24-16-11-18;/h17-19H,3-16H2,1-2H3,(H2,21,22,23);1H. The molecule has 0 radical (unpaired) electrons. The van der Waals surface area contributed by atoms with Gasteiger partial charge in [-0.25, -0.2) is 0 Å². The normalized spacial score (nSPS) is 20.3. The van der Waals surface area contributed by atoms with Crippen molar-refractivity contribution in [3.05, 3.63) is 0 Å². The predicted octanol–water partition coefficient (Wildman–Crippen LogP) is 3.34. The van der Waals surface area contributed by atoms with E-state index in [-0.39, 0.29) is 24.0 Å². The Hall–Kier alpha value is -0.120. The maximum atomic E-state index is 5.99. The van der Waals surface area contributed by atoms with Crippen molar-refractivity contribution in [3.63, 3.8) is 0 Å². The maximum absolute atomic E-state index is 5.99. The molecule has 0 bridgehead atoms. The summed E-state index contributed by atoms with van der Waals surface area (Å²) in [6.07, 6.45) is 10.2. The number of rotatable bonds is 11. The smallest absolute Gasteiger partial charge is 0.190 e. The van der Waals surface area contributed by atoms with Gasteiger partial charge in [0.05, 0.1) is 12.2 Å². The molecule has 7 heteroatoms. The Morgan fingerprint density at radius 1 is 1.11 bits per heavy atom. The van der Waals surface area contributed by atoms with E-state index >= 15 is 0 Å². The summed E-state index contributed by atoms with van der Waals surface area (Å²) in [7, 11) is 1.82. The van der Waals surface area contributed by atoms with Gasteiger partial charge in [-0.05, 0) is 51.4 Å². The van der Waals surface area contributed by atoms with Gasteiger partial charge in [0.1, 0.15) is 0 Å². The van der Waals surface area contributed by atoms with Gasteiger partial charge in [0, 0.05) is 46.6 Å². The maximum Gasteiger partial charge on any atom is 0.190 e. The third-order valence-electron chi connectivity index (χ3n) is 5.39. The molecule has 0 aromatic heterocycles. The van der Waals surface area contributed by atoms with Gasteiger partial charge in [0.15, 0.2) is 5.96 Å². The van der Waals surface area contributed by atoms with Gasteiger partial charge >= 0.3 is 0 Å². The zero-order valence-electron chi connectivity index (χ0n) is 17.2. The molecule has 1 unspecified atom stereocenters. The number of hydrogen-bond acceptors (Lipinski definition) is 4. The lowest BCUT2D eigenvalue weighted by Gasteiger charge is -2.24. The first-order valence-corrected chi connectivity index (χ1v) is 10.6. The van der Waals surface area contributed by atoms with E-state index in [1.54, 1.807) is 0 Å². The number of nitrogens with one attached hydrogen (secondary N) is 2. The summed E-state index contributed by atoms with van der Waals surface area (Å²) >= 11 is 0. The Morgan fingerprint density at radius 2 is 1.81 bits per heavy atom. The van der Waals surface area contributed by atoms with Crippen molar-refractivity contribution in [1.82, 2.24) is 10.6 Å². The van der Waals surface area contributed by atoms with E-state index in [2.05, 4.69) is 22.5 Å². The molecule has 27 heavy (non-hydrogen) atoms.